The van der Waals surface area contributed by atoms with Gasteiger partial charge in [-0.3, -0.25) is 9.59 Å². The normalized spacial score (nSPS) is 10.5. The minimum Gasteiger partial charge on any atom is -0.356 e. The number of hydrogen-bond acceptors (Lipinski definition) is 2. The number of benzene rings is 2. The quantitative estimate of drug-likeness (QED) is 0.758. The largest absolute Gasteiger partial charge is 0.356 e. The second kappa shape index (κ2) is 9.60. The lowest BCUT2D eigenvalue weighted by Gasteiger charge is -2.23. The van der Waals surface area contributed by atoms with Gasteiger partial charge in [-0.2, -0.15) is 0 Å². The van der Waals surface area contributed by atoms with Gasteiger partial charge < -0.3 is 10.2 Å². The second-order valence-electron chi connectivity index (χ2n) is 6.08. The molecule has 138 valence electrons. The minimum absolute atomic E-state index is 0.0927. The summed E-state index contributed by atoms with van der Waals surface area (Å²) in [6, 6.07) is 12.9. The number of nitrogens with one attached hydrogen (secondary N) is 1. The Morgan fingerprint density at radius 1 is 1.08 bits per heavy atom. The van der Waals surface area contributed by atoms with Crippen molar-refractivity contribution in [3.8, 4) is 0 Å². The number of nitrogens with zero attached hydrogens (tertiary/aromatic N) is 1. The minimum atomic E-state index is -0.109. The molecule has 2 amide bonds. The van der Waals surface area contributed by atoms with Crippen LogP contribution in [0.4, 0.5) is 5.69 Å². The Kier molecular flexibility index (Phi) is 7.49. The molecular weight excluding hydrogens is 371 g/mol. The number of halogens is 2. The van der Waals surface area contributed by atoms with Gasteiger partial charge in [-0.15, -0.1) is 0 Å². The first-order chi connectivity index (χ1) is 12.4. The Balaban J connectivity index is 1.86. The van der Waals surface area contributed by atoms with Crippen LogP contribution in [0.5, 0.6) is 0 Å². The van der Waals surface area contributed by atoms with Crippen molar-refractivity contribution in [2.24, 2.45) is 0 Å². The van der Waals surface area contributed by atoms with E-state index in [1.54, 1.807) is 23.1 Å². The van der Waals surface area contributed by atoms with Crippen molar-refractivity contribution in [2.75, 3.05) is 18.0 Å². The highest BCUT2D eigenvalue weighted by Gasteiger charge is 2.15. The zero-order valence-electron chi connectivity index (χ0n) is 14.9. The number of anilines is 1. The number of rotatable bonds is 7. The van der Waals surface area contributed by atoms with Gasteiger partial charge in [-0.05, 0) is 54.8 Å². The Morgan fingerprint density at radius 2 is 1.81 bits per heavy atom. The van der Waals surface area contributed by atoms with Crippen LogP contribution in [0.15, 0.2) is 42.5 Å². The molecule has 0 aromatic heterocycles. The van der Waals surface area contributed by atoms with Crippen LogP contribution in [-0.4, -0.2) is 24.9 Å². The lowest BCUT2D eigenvalue weighted by Crippen LogP contribution is -2.34. The fourth-order valence-corrected chi connectivity index (χ4v) is 3.15. The molecule has 6 heteroatoms. The van der Waals surface area contributed by atoms with E-state index in [1.165, 1.54) is 6.92 Å². The maximum Gasteiger partial charge on any atom is 0.223 e. The fraction of sp³-hybridized carbons (Fsp3) is 0.300. The molecule has 0 atom stereocenters. The molecule has 0 heterocycles. The summed E-state index contributed by atoms with van der Waals surface area (Å²) in [5, 5.41) is 4.18. The highest BCUT2D eigenvalue weighted by atomic mass is 35.5. The van der Waals surface area contributed by atoms with Crippen molar-refractivity contribution in [1.29, 1.82) is 0 Å². The molecule has 0 saturated heterocycles. The molecule has 1 N–H and O–H groups in total. The third-order valence-electron chi connectivity index (χ3n) is 4.02. The van der Waals surface area contributed by atoms with E-state index in [4.69, 9.17) is 23.2 Å². The number of carbonyl (C=O) groups is 2. The summed E-state index contributed by atoms with van der Waals surface area (Å²) in [6.07, 6.45) is 0.941. The molecule has 2 aromatic rings. The summed E-state index contributed by atoms with van der Waals surface area (Å²) in [5.74, 6) is -0.202. The summed E-state index contributed by atoms with van der Waals surface area (Å²) < 4.78 is 0. The van der Waals surface area contributed by atoms with Crippen molar-refractivity contribution in [2.45, 2.75) is 26.7 Å². The molecule has 0 saturated carbocycles. The van der Waals surface area contributed by atoms with Gasteiger partial charge in [-0.1, -0.05) is 35.3 Å². The van der Waals surface area contributed by atoms with Crippen LogP contribution in [0.3, 0.4) is 0 Å². The Hall–Kier alpha value is -2.04. The maximum absolute atomic E-state index is 12.1. The molecule has 0 bridgehead atoms. The molecule has 0 radical (unpaired) electrons. The number of hydrogen-bond donors (Lipinski definition) is 1. The monoisotopic (exact) mass is 392 g/mol. The van der Waals surface area contributed by atoms with Crippen LogP contribution >= 0.6 is 23.2 Å². The van der Waals surface area contributed by atoms with Crippen molar-refractivity contribution in [3.05, 3.63) is 63.6 Å². The van der Waals surface area contributed by atoms with Gasteiger partial charge in [0.15, 0.2) is 0 Å². The lowest BCUT2D eigenvalue weighted by atomic mass is 10.1. The zero-order valence-corrected chi connectivity index (χ0v) is 16.4. The van der Waals surface area contributed by atoms with E-state index >= 15 is 0 Å². The summed E-state index contributed by atoms with van der Waals surface area (Å²) in [5.41, 5.74) is 2.74. The highest BCUT2D eigenvalue weighted by Crippen LogP contribution is 2.24. The summed E-state index contributed by atoms with van der Waals surface area (Å²) in [4.78, 5) is 25.7. The van der Waals surface area contributed by atoms with Crippen LogP contribution in [0, 0.1) is 6.92 Å². The van der Waals surface area contributed by atoms with E-state index in [9.17, 15) is 9.59 Å². The topological polar surface area (TPSA) is 49.4 Å². The van der Waals surface area contributed by atoms with E-state index in [2.05, 4.69) is 5.32 Å². The van der Waals surface area contributed by atoms with Gasteiger partial charge in [0.05, 0.1) is 0 Å². The van der Waals surface area contributed by atoms with Crippen molar-refractivity contribution >= 4 is 40.7 Å². The van der Waals surface area contributed by atoms with Crippen LogP contribution in [0.1, 0.15) is 24.5 Å². The van der Waals surface area contributed by atoms with Crippen LogP contribution in [0.2, 0.25) is 10.0 Å². The molecule has 2 aromatic carbocycles. The molecule has 0 fully saturated rings. The van der Waals surface area contributed by atoms with Crippen molar-refractivity contribution in [1.82, 2.24) is 5.32 Å². The SMILES string of the molecule is CC(=O)N(CCC(=O)NCCc1cccc(Cl)c1)c1ccc(Cl)cc1C. The molecule has 0 aliphatic heterocycles. The van der Waals surface area contributed by atoms with E-state index < -0.39 is 0 Å². The predicted octanol–water partition coefficient (Wildman–Crippen LogP) is 4.40. The first kappa shape index (κ1) is 20.3. The molecule has 4 nitrogen and oxygen atoms in total. The fourth-order valence-electron chi connectivity index (χ4n) is 2.71. The third-order valence-corrected chi connectivity index (χ3v) is 4.49. The summed E-state index contributed by atoms with van der Waals surface area (Å²) in [7, 11) is 0. The Bertz CT molecular complexity index is 793. The molecule has 0 spiro atoms. The number of aryl methyl sites for hydroxylation is 1. The van der Waals surface area contributed by atoms with Crippen LogP contribution in [-0.2, 0) is 16.0 Å². The molecule has 0 aliphatic carbocycles. The third kappa shape index (κ3) is 6.04. The summed E-state index contributed by atoms with van der Waals surface area (Å²) in [6.45, 7) is 4.23. The van der Waals surface area contributed by atoms with Crippen molar-refractivity contribution in [3.63, 3.8) is 0 Å². The standard InChI is InChI=1S/C20H22Cl2N2O2/c1-14-12-18(22)6-7-19(14)24(15(2)25)11-9-20(26)23-10-8-16-4-3-5-17(21)13-16/h3-7,12-13H,8-11H2,1-2H3,(H,23,26). The summed E-state index contributed by atoms with van der Waals surface area (Å²) >= 11 is 11.9. The van der Waals surface area contributed by atoms with Crippen LogP contribution in [0.25, 0.3) is 0 Å². The smallest absolute Gasteiger partial charge is 0.223 e. The maximum atomic E-state index is 12.1. The lowest BCUT2D eigenvalue weighted by molar-refractivity contribution is -0.121. The number of amides is 2. The van der Waals surface area contributed by atoms with Gasteiger partial charge in [0.1, 0.15) is 0 Å². The van der Waals surface area contributed by atoms with Crippen LogP contribution < -0.4 is 10.2 Å². The van der Waals surface area contributed by atoms with Gasteiger partial charge >= 0.3 is 0 Å². The highest BCUT2D eigenvalue weighted by molar-refractivity contribution is 6.31. The van der Waals surface area contributed by atoms with E-state index in [0.29, 0.717) is 29.6 Å². The van der Waals surface area contributed by atoms with Gasteiger partial charge in [0, 0.05) is 42.2 Å². The first-order valence-corrected chi connectivity index (χ1v) is 9.18. The predicted molar refractivity (Wildman–Crippen MR) is 107 cm³/mol. The first-order valence-electron chi connectivity index (χ1n) is 8.42. The number of carbonyl (C=O) groups excluding carboxylic acids is 2. The molecule has 0 aliphatic rings. The van der Waals surface area contributed by atoms with E-state index in [-0.39, 0.29) is 18.2 Å². The Morgan fingerprint density at radius 3 is 2.46 bits per heavy atom. The Labute approximate surface area is 164 Å². The van der Waals surface area contributed by atoms with Crippen molar-refractivity contribution < 1.29 is 9.59 Å². The van der Waals surface area contributed by atoms with Gasteiger partial charge in [0.2, 0.25) is 11.8 Å². The molecule has 0 unspecified atom stereocenters. The van der Waals surface area contributed by atoms with E-state index in [1.807, 2.05) is 31.2 Å². The molecule has 2 rings (SSSR count). The van der Waals surface area contributed by atoms with Gasteiger partial charge in [-0.25, -0.2) is 0 Å². The molecular formula is C20H22Cl2N2O2. The zero-order chi connectivity index (χ0) is 19.1. The molecule has 26 heavy (non-hydrogen) atoms. The second-order valence-corrected chi connectivity index (χ2v) is 6.95. The van der Waals surface area contributed by atoms with Gasteiger partial charge in [0.25, 0.3) is 0 Å². The average molecular weight is 393 g/mol. The van der Waals surface area contributed by atoms with E-state index in [0.717, 1.165) is 16.8 Å². The average Bonchev–Trinajstić information content (AvgIpc) is 2.56.